The molecule has 302 valence electrons. The smallest absolute Gasteiger partial charge is 0.329 e. The largest absolute Gasteiger partial charge is 0.467 e. The lowest BCUT2D eigenvalue weighted by atomic mass is 9.91. The molecule has 4 aromatic carbocycles. The lowest BCUT2D eigenvalue weighted by molar-refractivity contribution is -0.142. The van der Waals surface area contributed by atoms with E-state index in [0.29, 0.717) is 86.8 Å². The second-order valence-corrected chi connectivity index (χ2v) is 14.3. The fourth-order valence-electron chi connectivity index (χ4n) is 7.17. The average Bonchev–Trinajstić information content (AvgIpc) is 3.68. The Bertz CT molecular complexity index is 2110. The van der Waals surface area contributed by atoms with Crippen LogP contribution in [0, 0.1) is 0 Å². The molecule has 0 amide bonds. The summed E-state index contributed by atoms with van der Waals surface area (Å²) in [5.74, 6) is 0.350. The predicted molar refractivity (Wildman–Crippen MR) is 224 cm³/mol. The number of carbonyl (C=O) groups excluding carboxylic acids is 1. The normalized spacial score (nSPS) is 15.8. The van der Waals surface area contributed by atoms with Crippen LogP contribution in [0.25, 0.3) is 21.9 Å². The maximum Gasteiger partial charge on any atom is 0.329 e. The van der Waals surface area contributed by atoms with Crippen LogP contribution in [0.3, 0.4) is 0 Å². The first-order valence-corrected chi connectivity index (χ1v) is 19.9. The van der Waals surface area contributed by atoms with Crippen LogP contribution in [-0.4, -0.2) is 116 Å². The molecule has 3 N–H and O–H groups in total. The van der Waals surface area contributed by atoms with Crippen molar-refractivity contribution in [2.45, 2.75) is 18.4 Å². The zero-order valence-corrected chi connectivity index (χ0v) is 33.3. The number of hydrogen-bond donors (Lipinski definition) is 3. The maximum atomic E-state index is 13.6. The molecule has 0 radical (unpaired) electrons. The average molecular weight is 799 g/mol. The highest BCUT2D eigenvalue weighted by atomic mass is 32.2. The summed E-state index contributed by atoms with van der Waals surface area (Å²) < 4.78 is 47.2. The van der Waals surface area contributed by atoms with Crippen LogP contribution >= 0.6 is 0 Å². The molecule has 0 aliphatic carbocycles. The van der Waals surface area contributed by atoms with Gasteiger partial charge < -0.3 is 39.2 Å². The Labute approximate surface area is 335 Å². The van der Waals surface area contributed by atoms with Crippen molar-refractivity contribution >= 4 is 56.8 Å². The predicted octanol–water partition coefficient (Wildman–Crippen LogP) is 5.63. The van der Waals surface area contributed by atoms with Crippen LogP contribution in [0.1, 0.15) is 17.9 Å². The molecule has 57 heavy (non-hydrogen) atoms. The Morgan fingerprint density at radius 1 is 0.877 bits per heavy atom. The van der Waals surface area contributed by atoms with E-state index < -0.39 is 17.3 Å². The highest BCUT2D eigenvalue weighted by Gasteiger charge is 2.42. The van der Waals surface area contributed by atoms with E-state index in [1.165, 1.54) is 11.4 Å². The number of nitrogens with zero attached hydrogens (tertiary/aromatic N) is 5. The highest BCUT2D eigenvalue weighted by molar-refractivity contribution is 7.81. The van der Waals surface area contributed by atoms with E-state index in [0.717, 1.165) is 22.0 Å². The Morgan fingerprint density at radius 3 is 2.23 bits per heavy atom. The molecule has 0 spiro atoms. The van der Waals surface area contributed by atoms with Gasteiger partial charge in [0.2, 0.25) is 5.95 Å². The van der Waals surface area contributed by atoms with Crippen molar-refractivity contribution in [1.82, 2.24) is 9.97 Å². The van der Waals surface area contributed by atoms with Crippen molar-refractivity contribution in [2.75, 3.05) is 100.0 Å². The van der Waals surface area contributed by atoms with Crippen LogP contribution in [0.15, 0.2) is 97.2 Å². The van der Waals surface area contributed by atoms with Gasteiger partial charge in [0.15, 0.2) is 0 Å². The summed E-state index contributed by atoms with van der Waals surface area (Å²) >= 11 is -2.43. The van der Waals surface area contributed by atoms with Gasteiger partial charge in [-0.3, -0.25) is 4.55 Å². The Balaban J connectivity index is 1.31. The molecule has 2 heterocycles. The van der Waals surface area contributed by atoms with Gasteiger partial charge in [-0.05, 0) is 41.8 Å². The molecule has 15 heteroatoms. The number of aliphatic hydroxyl groups excluding tert-OH is 1. The summed E-state index contributed by atoms with van der Waals surface area (Å²) in [4.78, 5) is 27.3. The van der Waals surface area contributed by atoms with Gasteiger partial charge in [-0.15, -0.1) is 0 Å². The molecule has 3 unspecified atom stereocenters. The molecular formula is C42H50N6O8S. The molecule has 1 aliphatic heterocycles. The standard InChI is InChI=1S/C42H50N6O8S/c1-46(2)37-16-8-15-35-34(37)14-9-17-38(35)48(57(51)52)32-13-7-12-31(28-32)36-29-44-42(43-19-22-54-24-26-56-27-25-55-23-21-49)45-40(36)47-20-18-33(39(47)41(50)53-3)30-10-5-4-6-11-30/h4-17,28-29,33,39,49H,18-27H2,1-3H3,(H,51,52)(H,43,44,45). The SMILES string of the molecule is COC(=O)C1C(c2ccccc2)CCN1c1nc(NCCOCCOCCOCCO)ncc1-c1cccc(N(c2cccc3c(N(C)C)cccc23)S(=O)O)c1. The van der Waals surface area contributed by atoms with Gasteiger partial charge >= 0.3 is 5.97 Å². The third-order valence-electron chi connectivity index (χ3n) is 9.74. The molecule has 0 saturated carbocycles. The summed E-state index contributed by atoms with van der Waals surface area (Å²) in [5.41, 5.74) is 4.39. The van der Waals surface area contributed by atoms with Crippen LogP contribution in [-0.2, 0) is 35.0 Å². The van der Waals surface area contributed by atoms with E-state index in [1.807, 2.05) is 109 Å². The number of aliphatic hydroxyl groups is 1. The summed E-state index contributed by atoms with van der Waals surface area (Å²) in [6.07, 6.45) is 2.40. The van der Waals surface area contributed by atoms with Crippen LogP contribution < -0.4 is 19.4 Å². The number of benzene rings is 4. The zero-order valence-electron chi connectivity index (χ0n) is 32.5. The van der Waals surface area contributed by atoms with Crippen LogP contribution in [0.5, 0.6) is 0 Å². The first-order valence-electron chi connectivity index (χ1n) is 18.9. The van der Waals surface area contributed by atoms with Gasteiger partial charge in [0.25, 0.3) is 11.3 Å². The van der Waals surface area contributed by atoms with E-state index >= 15 is 0 Å². The fourth-order valence-corrected chi connectivity index (χ4v) is 7.79. The molecule has 3 atom stereocenters. The molecule has 1 fully saturated rings. The number of anilines is 5. The Morgan fingerprint density at radius 2 is 1.54 bits per heavy atom. The third kappa shape index (κ3) is 10.1. The number of rotatable bonds is 20. The van der Waals surface area contributed by atoms with Crippen LogP contribution in [0.2, 0.25) is 0 Å². The molecule has 6 rings (SSSR count). The van der Waals surface area contributed by atoms with E-state index in [9.17, 15) is 13.6 Å². The van der Waals surface area contributed by atoms with Gasteiger partial charge in [0, 0.05) is 61.3 Å². The number of ether oxygens (including phenoxy) is 4. The van der Waals surface area contributed by atoms with Crippen molar-refractivity contribution < 1.29 is 37.6 Å². The summed E-state index contributed by atoms with van der Waals surface area (Å²) in [6, 6.07) is 28.2. The zero-order chi connectivity index (χ0) is 40.1. The second kappa shape index (κ2) is 20.3. The van der Waals surface area contributed by atoms with Crippen molar-refractivity contribution in [2.24, 2.45) is 0 Å². The van der Waals surface area contributed by atoms with Crippen LogP contribution in [0.4, 0.5) is 28.8 Å². The molecule has 0 bridgehead atoms. The molecule has 1 aliphatic rings. The van der Waals surface area contributed by atoms with Gasteiger partial charge in [-0.2, -0.15) is 4.98 Å². The molecular weight excluding hydrogens is 749 g/mol. The third-order valence-corrected chi connectivity index (χ3v) is 10.5. The van der Waals surface area contributed by atoms with E-state index in [4.69, 9.17) is 29.0 Å². The van der Waals surface area contributed by atoms with E-state index in [1.54, 1.807) is 12.3 Å². The topological polar surface area (TPSA) is 159 Å². The minimum absolute atomic E-state index is 0.0211. The second-order valence-electron chi connectivity index (χ2n) is 13.5. The van der Waals surface area contributed by atoms with E-state index in [2.05, 4.69) is 10.3 Å². The van der Waals surface area contributed by atoms with Crippen molar-refractivity contribution in [3.05, 3.63) is 103 Å². The lowest BCUT2D eigenvalue weighted by Gasteiger charge is -2.29. The van der Waals surface area contributed by atoms with Crippen molar-refractivity contribution in [1.29, 1.82) is 0 Å². The maximum absolute atomic E-state index is 13.6. The number of aromatic nitrogens is 2. The quantitative estimate of drug-likeness (QED) is 0.0506. The van der Waals surface area contributed by atoms with Gasteiger partial charge in [0.05, 0.1) is 64.7 Å². The van der Waals surface area contributed by atoms with Crippen molar-refractivity contribution in [3.8, 4) is 11.1 Å². The first-order chi connectivity index (χ1) is 27.8. The molecule has 5 aromatic rings. The molecule has 1 saturated heterocycles. The minimum Gasteiger partial charge on any atom is -0.467 e. The number of methoxy groups -OCH3 is 1. The first kappa shape index (κ1) is 41.5. The number of hydrogen-bond acceptors (Lipinski definition) is 12. The van der Waals surface area contributed by atoms with Gasteiger partial charge in [-0.25, -0.2) is 18.3 Å². The van der Waals surface area contributed by atoms with Gasteiger partial charge in [-0.1, -0.05) is 66.7 Å². The highest BCUT2D eigenvalue weighted by Crippen LogP contribution is 2.42. The van der Waals surface area contributed by atoms with Gasteiger partial charge in [0.1, 0.15) is 11.9 Å². The number of esters is 1. The van der Waals surface area contributed by atoms with E-state index in [-0.39, 0.29) is 25.1 Å². The summed E-state index contributed by atoms with van der Waals surface area (Å²) in [6.45, 7) is 3.19. The summed E-state index contributed by atoms with van der Waals surface area (Å²) in [5, 5.41) is 13.8. The van der Waals surface area contributed by atoms with Crippen molar-refractivity contribution in [3.63, 3.8) is 0 Å². The molecule has 1 aromatic heterocycles. The minimum atomic E-state index is -2.43. The lowest BCUT2D eigenvalue weighted by Crippen LogP contribution is -2.40. The Kier molecular flexibility index (Phi) is 14.8. The fraction of sp³-hybridized carbons (Fsp3) is 0.357. The number of nitrogens with one attached hydrogen (secondary N) is 1. The molecule has 14 nitrogen and oxygen atoms in total. The summed E-state index contributed by atoms with van der Waals surface area (Å²) in [7, 11) is 5.33. The Hall–Kier alpha value is -5.16. The monoisotopic (exact) mass is 798 g/mol. The number of carbonyl (C=O) groups is 1. The number of fused-ring (bicyclic) bond motifs is 1.